The van der Waals surface area contributed by atoms with Crippen LogP contribution in [0.25, 0.3) is 0 Å². The molecule has 0 bridgehead atoms. The Balaban J connectivity index is 1.63. The van der Waals surface area contributed by atoms with E-state index in [0.29, 0.717) is 10.2 Å². The Morgan fingerprint density at radius 3 is 2.96 bits per heavy atom. The summed E-state index contributed by atoms with van der Waals surface area (Å²) in [6.07, 6.45) is 5.80. The van der Waals surface area contributed by atoms with Crippen LogP contribution in [0.4, 0.5) is 10.1 Å². The van der Waals surface area contributed by atoms with Gasteiger partial charge < -0.3 is 10.1 Å². The van der Waals surface area contributed by atoms with Crippen molar-refractivity contribution in [3.05, 3.63) is 52.0 Å². The van der Waals surface area contributed by atoms with E-state index in [-0.39, 0.29) is 12.3 Å². The molecule has 0 aliphatic heterocycles. The lowest BCUT2D eigenvalue weighted by molar-refractivity contribution is -0.118. The third kappa shape index (κ3) is 3.88. The Hall–Kier alpha value is -1.95. The minimum Gasteiger partial charge on any atom is -0.483 e. The molecule has 23 heavy (non-hydrogen) atoms. The molecule has 0 radical (unpaired) electrons. The van der Waals surface area contributed by atoms with E-state index in [1.165, 1.54) is 12.1 Å². The quantitative estimate of drug-likeness (QED) is 0.877. The van der Waals surface area contributed by atoms with E-state index in [1.54, 1.807) is 18.3 Å². The van der Waals surface area contributed by atoms with Gasteiger partial charge in [-0.1, -0.05) is 15.9 Å². The summed E-state index contributed by atoms with van der Waals surface area (Å²) in [5.41, 5.74) is 2.27. The highest BCUT2D eigenvalue weighted by Gasteiger charge is 2.16. The zero-order valence-electron chi connectivity index (χ0n) is 12.4. The first-order chi connectivity index (χ1) is 11.1. The van der Waals surface area contributed by atoms with E-state index in [0.717, 1.165) is 36.9 Å². The number of hydrogen-bond acceptors (Lipinski definition) is 3. The minimum absolute atomic E-state index is 0.138. The molecular weight excluding hydrogens is 363 g/mol. The Kier molecular flexibility index (Phi) is 4.91. The van der Waals surface area contributed by atoms with Crippen molar-refractivity contribution >= 4 is 27.5 Å². The van der Waals surface area contributed by atoms with E-state index < -0.39 is 11.7 Å². The average Bonchev–Trinajstić information content (AvgIpc) is 2.55. The van der Waals surface area contributed by atoms with Gasteiger partial charge in [0.05, 0.1) is 5.69 Å². The van der Waals surface area contributed by atoms with Gasteiger partial charge >= 0.3 is 0 Å². The molecule has 0 spiro atoms. The molecule has 4 nitrogen and oxygen atoms in total. The number of benzene rings is 1. The first-order valence-electron chi connectivity index (χ1n) is 7.48. The average molecular weight is 379 g/mol. The van der Waals surface area contributed by atoms with Crippen molar-refractivity contribution in [2.24, 2.45) is 0 Å². The van der Waals surface area contributed by atoms with Crippen molar-refractivity contribution in [2.75, 3.05) is 11.9 Å². The molecule has 1 aliphatic carbocycles. The van der Waals surface area contributed by atoms with Crippen molar-refractivity contribution in [3.63, 3.8) is 0 Å². The summed E-state index contributed by atoms with van der Waals surface area (Å²) in [5, 5.41) is 2.51. The van der Waals surface area contributed by atoms with Gasteiger partial charge in [0.25, 0.3) is 5.91 Å². The fourth-order valence-corrected chi connectivity index (χ4v) is 2.98. The molecule has 1 heterocycles. The molecule has 2 aromatic rings. The fourth-order valence-electron chi connectivity index (χ4n) is 2.65. The number of aryl methyl sites for hydroxylation is 1. The third-order valence-corrected chi connectivity index (χ3v) is 4.25. The van der Waals surface area contributed by atoms with Crippen LogP contribution >= 0.6 is 15.9 Å². The molecule has 120 valence electrons. The minimum atomic E-state index is -0.492. The second-order valence-electron chi connectivity index (χ2n) is 5.40. The molecule has 1 amide bonds. The molecule has 1 N–H and O–H groups in total. The maximum absolute atomic E-state index is 13.7. The van der Waals surface area contributed by atoms with Crippen molar-refractivity contribution in [1.82, 2.24) is 4.98 Å². The summed E-state index contributed by atoms with van der Waals surface area (Å²) >= 11 is 3.18. The van der Waals surface area contributed by atoms with Crippen LogP contribution in [0, 0.1) is 5.82 Å². The molecule has 1 aliphatic rings. The summed E-state index contributed by atoms with van der Waals surface area (Å²) in [6.45, 7) is -0.161. The topological polar surface area (TPSA) is 51.2 Å². The number of rotatable bonds is 4. The predicted octanol–water partition coefficient (Wildman–Crippen LogP) is 3.88. The number of halogens is 2. The normalized spacial score (nSPS) is 13.3. The maximum atomic E-state index is 13.7. The first-order valence-corrected chi connectivity index (χ1v) is 8.27. The number of carbonyl (C=O) groups is 1. The van der Waals surface area contributed by atoms with E-state index in [2.05, 4.69) is 26.2 Å². The van der Waals surface area contributed by atoms with Gasteiger partial charge in [-0.05, 0) is 49.9 Å². The molecule has 6 heteroatoms. The van der Waals surface area contributed by atoms with E-state index in [4.69, 9.17) is 4.74 Å². The third-order valence-electron chi connectivity index (χ3n) is 3.76. The zero-order chi connectivity index (χ0) is 16.2. The second-order valence-corrected chi connectivity index (χ2v) is 6.32. The number of hydrogen-bond donors (Lipinski definition) is 1. The van der Waals surface area contributed by atoms with Crippen LogP contribution in [0.1, 0.15) is 24.1 Å². The summed E-state index contributed by atoms with van der Waals surface area (Å²) < 4.78 is 19.9. The van der Waals surface area contributed by atoms with Crippen LogP contribution in [0.2, 0.25) is 0 Å². The molecule has 3 rings (SSSR count). The molecule has 1 aromatic heterocycles. The number of amides is 1. The van der Waals surface area contributed by atoms with Gasteiger partial charge in [-0.3, -0.25) is 9.78 Å². The lowest BCUT2D eigenvalue weighted by atomic mass is 9.95. The lowest BCUT2D eigenvalue weighted by Gasteiger charge is -2.18. The number of anilines is 1. The SMILES string of the molecule is O=C(COc1ccnc2c1CCCC2)Nc1ccc(Br)cc1F. The number of fused-ring (bicyclic) bond motifs is 1. The molecular formula is C17H16BrFN2O2. The monoisotopic (exact) mass is 378 g/mol. The lowest BCUT2D eigenvalue weighted by Crippen LogP contribution is -2.21. The van der Waals surface area contributed by atoms with Crippen LogP contribution in [0.3, 0.4) is 0 Å². The van der Waals surface area contributed by atoms with Gasteiger partial charge in [0.2, 0.25) is 0 Å². The Bertz CT molecular complexity index is 737. The number of pyridine rings is 1. The second kappa shape index (κ2) is 7.08. The fraction of sp³-hybridized carbons (Fsp3) is 0.294. The number of ether oxygens (including phenoxy) is 1. The van der Waals surface area contributed by atoms with Gasteiger partial charge in [0, 0.05) is 21.9 Å². The highest BCUT2D eigenvalue weighted by molar-refractivity contribution is 9.10. The molecule has 0 fully saturated rings. The summed E-state index contributed by atoms with van der Waals surface area (Å²) in [4.78, 5) is 16.3. The van der Waals surface area contributed by atoms with Crippen LogP contribution in [-0.2, 0) is 17.6 Å². The highest BCUT2D eigenvalue weighted by atomic mass is 79.9. The van der Waals surface area contributed by atoms with Gasteiger partial charge in [0.15, 0.2) is 6.61 Å². The van der Waals surface area contributed by atoms with Crippen LogP contribution in [-0.4, -0.2) is 17.5 Å². The van der Waals surface area contributed by atoms with Crippen molar-refractivity contribution in [2.45, 2.75) is 25.7 Å². The summed E-state index contributed by atoms with van der Waals surface area (Å²) in [6, 6.07) is 6.25. The van der Waals surface area contributed by atoms with Gasteiger partial charge in [-0.25, -0.2) is 4.39 Å². The standard InChI is InChI=1S/C17H16BrFN2O2/c18-11-5-6-15(13(19)9-11)21-17(22)10-23-16-7-8-20-14-4-2-1-3-12(14)16/h5-9H,1-4,10H2,(H,21,22). The van der Waals surface area contributed by atoms with Crippen LogP contribution < -0.4 is 10.1 Å². The van der Waals surface area contributed by atoms with E-state index in [9.17, 15) is 9.18 Å². The highest BCUT2D eigenvalue weighted by Crippen LogP contribution is 2.28. The van der Waals surface area contributed by atoms with Gasteiger partial charge in [0.1, 0.15) is 11.6 Å². The zero-order valence-corrected chi connectivity index (χ0v) is 14.0. The Morgan fingerprint density at radius 2 is 2.13 bits per heavy atom. The predicted molar refractivity (Wildman–Crippen MR) is 89.1 cm³/mol. The molecule has 0 saturated heterocycles. The van der Waals surface area contributed by atoms with Crippen LogP contribution in [0.15, 0.2) is 34.9 Å². The molecule has 0 unspecified atom stereocenters. The number of nitrogens with one attached hydrogen (secondary N) is 1. The van der Waals surface area contributed by atoms with Gasteiger partial charge in [-0.2, -0.15) is 0 Å². The first kappa shape index (κ1) is 15.9. The molecule has 0 atom stereocenters. The van der Waals surface area contributed by atoms with E-state index >= 15 is 0 Å². The number of carbonyl (C=O) groups excluding carboxylic acids is 1. The maximum Gasteiger partial charge on any atom is 0.262 e. The molecule has 1 aromatic carbocycles. The van der Waals surface area contributed by atoms with Crippen molar-refractivity contribution < 1.29 is 13.9 Å². The number of nitrogens with zero attached hydrogens (tertiary/aromatic N) is 1. The summed E-state index contributed by atoms with van der Waals surface area (Å²) in [7, 11) is 0. The molecule has 0 saturated carbocycles. The number of aromatic nitrogens is 1. The van der Waals surface area contributed by atoms with E-state index in [1.807, 2.05) is 0 Å². The largest absolute Gasteiger partial charge is 0.483 e. The van der Waals surface area contributed by atoms with Crippen molar-refractivity contribution in [3.8, 4) is 5.75 Å². The smallest absolute Gasteiger partial charge is 0.262 e. The van der Waals surface area contributed by atoms with Crippen LogP contribution in [0.5, 0.6) is 5.75 Å². The Labute approximate surface area is 142 Å². The Morgan fingerprint density at radius 1 is 1.30 bits per heavy atom. The summed E-state index contributed by atoms with van der Waals surface area (Å²) in [5.74, 6) is -0.192. The van der Waals surface area contributed by atoms with Crippen molar-refractivity contribution in [1.29, 1.82) is 0 Å². The van der Waals surface area contributed by atoms with Gasteiger partial charge in [-0.15, -0.1) is 0 Å².